The van der Waals surface area contributed by atoms with Gasteiger partial charge < -0.3 is 20.3 Å². The number of amides is 1. The molecule has 62 heavy (non-hydrogen) atoms. The highest BCUT2D eigenvalue weighted by molar-refractivity contribution is 5.76. The van der Waals surface area contributed by atoms with Gasteiger partial charge in [0.15, 0.2) is 0 Å². The highest BCUT2D eigenvalue weighted by Gasteiger charge is 2.20. The van der Waals surface area contributed by atoms with E-state index in [0.717, 1.165) is 51.4 Å². The molecule has 0 aliphatic heterocycles. The molecule has 0 bridgehead atoms. The first-order valence-corrected chi connectivity index (χ1v) is 27.9. The number of carbonyl (C=O) groups excluding carboxylic acids is 2. The number of hydrogen-bond acceptors (Lipinski definition) is 5. The molecule has 0 aliphatic carbocycles. The van der Waals surface area contributed by atoms with Crippen LogP contribution in [0.3, 0.4) is 0 Å². The van der Waals surface area contributed by atoms with Gasteiger partial charge in [0.1, 0.15) is 0 Å². The molecule has 3 N–H and O–H groups in total. The first kappa shape index (κ1) is 60.6. The Morgan fingerprint density at radius 2 is 0.758 bits per heavy atom. The Morgan fingerprint density at radius 1 is 0.435 bits per heavy atom. The van der Waals surface area contributed by atoms with E-state index in [0.29, 0.717) is 25.9 Å². The Hall–Kier alpha value is -1.40. The second kappa shape index (κ2) is 52.2. The first-order chi connectivity index (χ1) is 30.5. The number of rotatable bonds is 52. The Balaban J connectivity index is 3.44. The second-order valence-electron chi connectivity index (χ2n) is 19.3. The lowest BCUT2D eigenvalue weighted by Gasteiger charge is -2.22. The molecule has 1 amide bonds. The summed E-state index contributed by atoms with van der Waals surface area (Å²) < 4.78 is 5.46. The number of nitrogens with one attached hydrogen (secondary N) is 1. The fourth-order valence-corrected chi connectivity index (χ4v) is 8.75. The minimum absolute atomic E-state index is 0.0100. The number of allylic oxidation sites excluding steroid dienone is 2. The molecule has 0 saturated heterocycles. The number of hydrogen-bond donors (Lipinski definition) is 3. The molecule has 0 spiro atoms. The fraction of sp³-hybridized carbons (Fsp3) is 0.929. The molecule has 0 rings (SSSR count). The van der Waals surface area contributed by atoms with Gasteiger partial charge in [-0.3, -0.25) is 9.59 Å². The number of unbranched alkanes of at least 4 members (excludes halogenated alkanes) is 39. The summed E-state index contributed by atoms with van der Waals surface area (Å²) in [6.07, 6.45) is 60.4. The summed E-state index contributed by atoms with van der Waals surface area (Å²) in [6, 6.07) is -0.549. The second-order valence-corrected chi connectivity index (χ2v) is 19.3. The maximum absolute atomic E-state index is 12.5. The van der Waals surface area contributed by atoms with Gasteiger partial charge in [-0.05, 0) is 51.4 Å². The molecule has 0 aromatic rings. The zero-order valence-electron chi connectivity index (χ0n) is 41.9. The Labute approximate surface area is 387 Å². The van der Waals surface area contributed by atoms with Crippen molar-refractivity contribution in [1.29, 1.82) is 0 Å². The van der Waals surface area contributed by atoms with Crippen LogP contribution in [0.1, 0.15) is 309 Å². The lowest BCUT2D eigenvalue weighted by Crippen LogP contribution is -2.45. The third-order valence-electron chi connectivity index (χ3n) is 13.1. The van der Waals surface area contributed by atoms with Gasteiger partial charge in [0, 0.05) is 12.8 Å². The quantitative estimate of drug-likeness (QED) is 0.0321. The summed E-state index contributed by atoms with van der Waals surface area (Å²) in [5, 5.41) is 23.3. The van der Waals surface area contributed by atoms with Gasteiger partial charge in [-0.25, -0.2) is 0 Å². The third-order valence-corrected chi connectivity index (χ3v) is 13.1. The molecule has 2 unspecified atom stereocenters. The minimum atomic E-state index is -0.671. The van der Waals surface area contributed by atoms with Crippen molar-refractivity contribution >= 4 is 11.9 Å². The van der Waals surface area contributed by atoms with Crippen molar-refractivity contribution in [3.05, 3.63) is 12.2 Å². The van der Waals surface area contributed by atoms with Crippen LogP contribution in [0.25, 0.3) is 0 Å². The average Bonchev–Trinajstić information content (AvgIpc) is 3.27. The van der Waals surface area contributed by atoms with Crippen molar-refractivity contribution in [2.45, 2.75) is 321 Å². The summed E-state index contributed by atoms with van der Waals surface area (Å²) in [6.45, 7) is 4.93. The molecule has 368 valence electrons. The molecule has 6 heteroatoms. The van der Waals surface area contributed by atoms with E-state index in [1.165, 1.54) is 225 Å². The number of aliphatic hydroxyl groups is 2. The van der Waals surface area contributed by atoms with Crippen molar-refractivity contribution in [1.82, 2.24) is 5.32 Å². The van der Waals surface area contributed by atoms with E-state index in [1.54, 1.807) is 0 Å². The van der Waals surface area contributed by atoms with Gasteiger partial charge >= 0.3 is 5.97 Å². The van der Waals surface area contributed by atoms with E-state index in [-0.39, 0.29) is 18.5 Å². The van der Waals surface area contributed by atoms with Crippen molar-refractivity contribution in [2.24, 2.45) is 0 Å². The first-order valence-electron chi connectivity index (χ1n) is 27.9. The van der Waals surface area contributed by atoms with Crippen LogP contribution in [0.15, 0.2) is 12.2 Å². The number of ether oxygens (including phenoxy) is 1. The largest absolute Gasteiger partial charge is 0.466 e. The van der Waals surface area contributed by atoms with Crippen molar-refractivity contribution in [3.8, 4) is 0 Å². The summed E-state index contributed by atoms with van der Waals surface area (Å²) in [4.78, 5) is 24.5. The van der Waals surface area contributed by atoms with E-state index >= 15 is 0 Å². The van der Waals surface area contributed by atoms with Crippen LogP contribution in [0, 0.1) is 0 Å². The summed E-state index contributed by atoms with van der Waals surface area (Å²) in [7, 11) is 0. The molecule has 0 aromatic carbocycles. The molecule has 0 saturated carbocycles. The van der Waals surface area contributed by atoms with E-state index in [9.17, 15) is 19.8 Å². The number of esters is 1. The molecule has 0 heterocycles. The molecule has 0 aliphatic rings. The topological polar surface area (TPSA) is 95.9 Å². The van der Waals surface area contributed by atoms with Gasteiger partial charge in [-0.15, -0.1) is 0 Å². The minimum Gasteiger partial charge on any atom is -0.466 e. The molecule has 0 fully saturated rings. The van der Waals surface area contributed by atoms with E-state index in [4.69, 9.17) is 4.74 Å². The summed E-state index contributed by atoms with van der Waals surface area (Å²) in [5.41, 5.74) is 0. The van der Waals surface area contributed by atoms with Crippen molar-refractivity contribution in [3.63, 3.8) is 0 Å². The van der Waals surface area contributed by atoms with Gasteiger partial charge in [0.05, 0.1) is 25.4 Å². The molecule has 0 radical (unpaired) electrons. The Morgan fingerprint density at radius 3 is 1.15 bits per heavy atom. The monoisotopic (exact) mass is 876 g/mol. The van der Waals surface area contributed by atoms with E-state index in [1.807, 2.05) is 0 Å². The van der Waals surface area contributed by atoms with Crippen molar-refractivity contribution < 1.29 is 24.5 Å². The van der Waals surface area contributed by atoms with Gasteiger partial charge in [-0.2, -0.15) is 0 Å². The average molecular weight is 876 g/mol. The summed E-state index contributed by atoms with van der Waals surface area (Å²) >= 11 is 0. The van der Waals surface area contributed by atoms with Crippen LogP contribution in [0.2, 0.25) is 0 Å². The van der Waals surface area contributed by atoms with E-state index in [2.05, 4.69) is 31.3 Å². The van der Waals surface area contributed by atoms with Crippen LogP contribution in [-0.4, -0.2) is 47.4 Å². The van der Waals surface area contributed by atoms with Crippen LogP contribution in [0.4, 0.5) is 0 Å². The highest BCUT2D eigenvalue weighted by Crippen LogP contribution is 2.17. The standard InChI is InChI=1S/C56H109NO5/c1-3-5-7-9-11-13-15-17-19-20-21-24-28-32-36-40-44-48-54(59)53(52-58)57-55(60)49-45-41-37-33-29-25-22-23-27-31-35-39-43-47-51-62-56(61)50-46-42-38-34-30-26-18-16-14-12-10-8-6-4-2/h16,18,53-54,58-59H,3-15,17,19-52H2,1-2H3,(H,57,60)/b18-16-. The zero-order valence-corrected chi connectivity index (χ0v) is 41.9. The normalized spacial score (nSPS) is 12.6. The van der Waals surface area contributed by atoms with E-state index < -0.39 is 12.1 Å². The lowest BCUT2D eigenvalue weighted by molar-refractivity contribution is -0.143. The smallest absolute Gasteiger partial charge is 0.305 e. The Bertz CT molecular complexity index is 924. The van der Waals surface area contributed by atoms with Crippen LogP contribution >= 0.6 is 0 Å². The molecule has 0 aromatic heterocycles. The van der Waals surface area contributed by atoms with Gasteiger partial charge in [-0.1, -0.05) is 257 Å². The SMILES string of the molecule is CCCCCCC/C=C\CCCCCCCC(=O)OCCCCCCCCCCCCCCCCC(=O)NC(CO)C(O)CCCCCCCCCCCCCCCCCCC. The highest BCUT2D eigenvalue weighted by atomic mass is 16.5. The molecule has 2 atom stereocenters. The van der Waals surface area contributed by atoms with Crippen LogP contribution in [0.5, 0.6) is 0 Å². The third kappa shape index (κ3) is 48.1. The van der Waals surface area contributed by atoms with Gasteiger partial charge in [0.25, 0.3) is 0 Å². The van der Waals surface area contributed by atoms with Crippen LogP contribution in [-0.2, 0) is 14.3 Å². The summed E-state index contributed by atoms with van der Waals surface area (Å²) in [5.74, 6) is -0.0535. The maximum atomic E-state index is 12.5. The van der Waals surface area contributed by atoms with Gasteiger partial charge in [0.2, 0.25) is 5.91 Å². The van der Waals surface area contributed by atoms with Crippen LogP contribution < -0.4 is 5.32 Å². The molecular weight excluding hydrogens is 767 g/mol. The molecular formula is C56H109NO5. The van der Waals surface area contributed by atoms with Crippen molar-refractivity contribution in [2.75, 3.05) is 13.2 Å². The lowest BCUT2D eigenvalue weighted by atomic mass is 10.0. The number of aliphatic hydroxyl groups excluding tert-OH is 2. The Kier molecular flexibility index (Phi) is 51.0. The number of carbonyl (C=O) groups is 2. The molecule has 6 nitrogen and oxygen atoms in total. The maximum Gasteiger partial charge on any atom is 0.305 e. The fourth-order valence-electron chi connectivity index (χ4n) is 8.75. The predicted octanol–water partition coefficient (Wildman–Crippen LogP) is 16.9. The zero-order chi connectivity index (χ0) is 45.1. The predicted molar refractivity (Wildman–Crippen MR) is 269 cm³/mol.